The maximum atomic E-state index is 17.1. The van der Waals surface area contributed by atoms with Crippen LogP contribution in [0.15, 0.2) is 24.3 Å². The fourth-order valence-electron chi connectivity index (χ4n) is 8.72. The number of anilines is 2. The Morgan fingerprint density at radius 3 is 2.75 bits per heavy atom. The summed E-state index contributed by atoms with van der Waals surface area (Å²) >= 11 is 6.95. The van der Waals surface area contributed by atoms with Crippen LogP contribution in [0, 0.1) is 12.7 Å². The largest absolute Gasteiger partial charge is 0.461 e. The van der Waals surface area contributed by atoms with Crippen molar-refractivity contribution in [3.63, 3.8) is 0 Å². The van der Waals surface area contributed by atoms with Crippen LogP contribution in [0.4, 0.5) is 38.0 Å². The maximum Gasteiger partial charge on any atom is 0.418 e. The Labute approximate surface area is 277 Å². The highest BCUT2D eigenvalue weighted by Crippen LogP contribution is 2.51. The number of aromatic nitrogens is 3. The molecule has 2 aromatic heterocycles. The second kappa shape index (κ2) is 10.9. The van der Waals surface area contributed by atoms with Crippen LogP contribution in [0.3, 0.4) is 0 Å². The zero-order chi connectivity index (χ0) is 33.9. The number of rotatable bonds is 4. The van der Waals surface area contributed by atoms with Gasteiger partial charge < -0.3 is 20.7 Å². The third-order valence-electron chi connectivity index (χ3n) is 10.8. The van der Waals surface area contributed by atoms with Gasteiger partial charge in [-0.25, -0.2) is 9.37 Å². The number of nitrogens with two attached hydrogens (primary N) is 1. The van der Waals surface area contributed by atoms with Gasteiger partial charge in [0.15, 0.2) is 5.82 Å². The van der Waals surface area contributed by atoms with Crippen molar-refractivity contribution in [2.24, 2.45) is 0 Å². The Kier molecular flexibility index (Phi) is 7.21. The Morgan fingerprint density at radius 2 is 2.00 bits per heavy atom. The number of piperazine rings is 1. The number of nitrogen functional groups attached to an aromatic ring is 1. The fourth-order valence-corrected chi connectivity index (χ4v) is 9.12. The number of nitrogens with one attached hydrogen (secondary N) is 1. The summed E-state index contributed by atoms with van der Waals surface area (Å²) in [6, 6.07) is 0.917. The zero-order valence-electron chi connectivity index (χ0n) is 26.0. The summed E-state index contributed by atoms with van der Waals surface area (Å²) in [5.74, 6) is -1.03. The molecule has 3 aromatic rings. The lowest BCUT2D eigenvalue weighted by atomic mass is 9.91. The lowest BCUT2D eigenvalue weighted by Crippen LogP contribution is -2.58. The van der Waals surface area contributed by atoms with Gasteiger partial charge in [0.2, 0.25) is 0 Å². The molecule has 3 N–H and O–H groups in total. The average Bonchev–Trinajstić information content (AvgIpc) is 3.67. The van der Waals surface area contributed by atoms with E-state index in [9.17, 15) is 22.0 Å². The third-order valence-corrected chi connectivity index (χ3v) is 11.2. The van der Waals surface area contributed by atoms with Crippen molar-refractivity contribution in [1.82, 2.24) is 25.2 Å². The van der Waals surface area contributed by atoms with Crippen LogP contribution < -0.4 is 20.7 Å². The summed E-state index contributed by atoms with van der Waals surface area (Å²) in [6.45, 7) is 6.79. The molecule has 5 aliphatic rings. The molecule has 0 spiro atoms. The second-order valence-electron chi connectivity index (χ2n) is 13.7. The van der Waals surface area contributed by atoms with E-state index in [2.05, 4.69) is 26.8 Å². The van der Waals surface area contributed by atoms with Crippen molar-refractivity contribution < 1.29 is 31.1 Å². The van der Waals surface area contributed by atoms with Crippen LogP contribution in [-0.2, 0) is 6.18 Å². The lowest BCUT2D eigenvalue weighted by molar-refractivity contribution is -0.137. The Balaban J connectivity index is 1.35. The predicted octanol–water partition coefficient (Wildman–Crippen LogP) is 6.89. The summed E-state index contributed by atoms with van der Waals surface area (Å²) in [6.07, 6.45) is -2.86. The molecule has 254 valence electrons. The average molecular weight is 692 g/mol. The number of halogens is 7. The van der Waals surface area contributed by atoms with E-state index in [0.29, 0.717) is 37.3 Å². The second-order valence-corrected chi connectivity index (χ2v) is 14.0. The Morgan fingerprint density at radius 1 is 1.21 bits per heavy atom. The summed E-state index contributed by atoms with van der Waals surface area (Å²) < 4.78 is 94.0. The van der Waals surface area contributed by atoms with Gasteiger partial charge in [0.25, 0.3) is 6.08 Å². The summed E-state index contributed by atoms with van der Waals surface area (Å²) in [7, 11) is 0. The summed E-state index contributed by atoms with van der Waals surface area (Å²) in [5, 5.41) is 3.56. The zero-order valence-corrected chi connectivity index (χ0v) is 26.7. The van der Waals surface area contributed by atoms with Gasteiger partial charge in [0, 0.05) is 42.4 Å². The number of benzene rings is 1. The number of hydrogen-bond donors (Lipinski definition) is 2. The molecule has 4 atom stereocenters. The number of alkyl halides is 3. The predicted molar refractivity (Wildman–Crippen MR) is 170 cm³/mol. The molecule has 4 fully saturated rings. The quantitative estimate of drug-likeness (QED) is 0.286. The first-order valence-corrected chi connectivity index (χ1v) is 16.3. The van der Waals surface area contributed by atoms with Gasteiger partial charge in [-0.15, -0.1) is 0 Å². The minimum absolute atomic E-state index is 0.0270. The van der Waals surface area contributed by atoms with Crippen LogP contribution in [0.1, 0.15) is 55.2 Å². The highest BCUT2D eigenvalue weighted by atomic mass is 35.5. The van der Waals surface area contributed by atoms with Gasteiger partial charge in [-0.05, 0) is 69.2 Å². The topological polar surface area (TPSA) is 92.4 Å². The molecule has 0 aliphatic carbocycles. The lowest BCUT2D eigenvalue weighted by Gasteiger charge is -2.41. The SMILES string of the molecule is C=C1C[C@H]2[C@@H]3CC[C@H](CN2c2nc(OC[C@]45CCCN4CC(=C(F)F)C5)nc4c(F)c(-c5nc(N)cc(C)c5C(F)(F)F)c(Cl)c1c24)N3. The first kappa shape index (κ1) is 31.6. The fraction of sp³-hybridized carbons (Fsp3) is 0.485. The Hall–Kier alpha value is -3.62. The van der Waals surface area contributed by atoms with E-state index < -0.39 is 40.4 Å². The van der Waals surface area contributed by atoms with E-state index in [-0.39, 0.29) is 82.2 Å². The van der Waals surface area contributed by atoms with Crippen molar-refractivity contribution in [3.8, 4) is 17.3 Å². The maximum absolute atomic E-state index is 17.1. The highest BCUT2D eigenvalue weighted by Gasteiger charge is 2.49. The van der Waals surface area contributed by atoms with Crippen LogP contribution >= 0.6 is 11.6 Å². The van der Waals surface area contributed by atoms with Crippen LogP contribution in [0.5, 0.6) is 6.01 Å². The number of fused-ring (bicyclic) bond motifs is 6. The molecule has 7 heterocycles. The molecule has 48 heavy (non-hydrogen) atoms. The van der Waals surface area contributed by atoms with E-state index in [1.165, 1.54) is 6.92 Å². The molecule has 5 aliphatic heterocycles. The molecular weight excluding hydrogens is 660 g/mol. The van der Waals surface area contributed by atoms with E-state index in [1.54, 1.807) is 0 Å². The number of pyridine rings is 1. The van der Waals surface area contributed by atoms with Crippen molar-refractivity contribution in [2.75, 3.05) is 36.9 Å². The van der Waals surface area contributed by atoms with Crippen LogP contribution in [0.2, 0.25) is 5.02 Å². The molecule has 0 saturated carbocycles. The molecular formula is C33H32ClF6N7O. The van der Waals surface area contributed by atoms with Crippen LogP contribution in [0.25, 0.3) is 27.7 Å². The van der Waals surface area contributed by atoms with Gasteiger partial charge in [0.1, 0.15) is 23.8 Å². The van der Waals surface area contributed by atoms with Crippen molar-refractivity contribution in [1.29, 1.82) is 0 Å². The Bertz CT molecular complexity index is 1930. The molecule has 4 saturated heterocycles. The van der Waals surface area contributed by atoms with Gasteiger partial charge in [0.05, 0.1) is 32.8 Å². The van der Waals surface area contributed by atoms with Gasteiger partial charge in [-0.3, -0.25) is 4.90 Å². The van der Waals surface area contributed by atoms with Crippen molar-refractivity contribution in [3.05, 3.63) is 51.8 Å². The summed E-state index contributed by atoms with van der Waals surface area (Å²) in [5.41, 5.74) is 2.96. The number of aryl methyl sites for hydroxylation is 1. The molecule has 1 aromatic carbocycles. The van der Waals surface area contributed by atoms with Crippen molar-refractivity contribution in [2.45, 2.75) is 75.3 Å². The first-order chi connectivity index (χ1) is 22.8. The van der Waals surface area contributed by atoms with E-state index >= 15 is 4.39 Å². The van der Waals surface area contributed by atoms with E-state index in [0.717, 1.165) is 25.3 Å². The molecule has 8 rings (SSSR count). The smallest absolute Gasteiger partial charge is 0.418 e. The van der Waals surface area contributed by atoms with E-state index in [4.69, 9.17) is 27.1 Å². The molecule has 0 unspecified atom stereocenters. The number of hydrogen-bond acceptors (Lipinski definition) is 8. The minimum atomic E-state index is -4.91. The van der Waals surface area contributed by atoms with Gasteiger partial charge >= 0.3 is 12.2 Å². The minimum Gasteiger partial charge on any atom is -0.461 e. The normalized spacial score (nSPS) is 26.7. The highest BCUT2D eigenvalue weighted by molar-refractivity contribution is 6.37. The van der Waals surface area contributed by atoms with E-state index in [1.807, 2.05) is 4.90 Å². The van der Waals surface area contributed by atoms with Crippen LogP contribution in [-0.4, -0.2) is 69.8 Å². The number of nitrogens with zero attached hydrogens (tertiary/aromatic N) is 5. The summed E-state index contributed by atoms with van der Waals surface area (Å²) in [4.78, 5) is 17.3. The van der Waals surface area contributed by atoms with Crippen molar-refractivity contribution >= 4 is 39.7 Å². The molecule has 0 radical (unpaired) electrons. The van der Waals surface area contributed by atoms with Gasteiger partial charge in [-0.1, -0.05) is 18.2 Å². The third kappa shape index (κ3) is 4.77. The standard InChI is InChI=1S/C33H32ClF6N7O/c1-14-8-19-18-5-4-17(42-18)12-47(19)30-22-21(14)25(34)23(27-24(33(38,39)40)15(2)9-20(41)43-27)26(35)28(22)44-31(45-30)48-13-32-6-3-7-46(32)11-16(10-32)29(36)37/h9,17-19,42H,1,3-8,10-13H2,2H3,(H2,41,43)/t17-,18+,19+,32-/m1/s1. The molecule has 15 heteroatoms. The first-order valence-electron chi connectivity index (χ1n) is 15.9. The number of ether oxygens (including phenoxy) is 1. The molecule has 0 amide bonds. The molecule has 2 bridgehead atoms. The van der Waals surface area contributed by atoms with Gasteiger partial charge in [-0.2, -0.15) is 31.9 Å². The monoisotopic (exact) mass is 691 g/mol. The molecule has 8 nitrogen and oxygen atoms in total.